The third-order valence-corrected chi connectivity index (χ3v) is 2.68. The second-order valence-electron chi connectivity index (χ2n) is 4.23. The van der Waals surface area contributed by atoms with Gasteiger partial charge in [-0.15, -0.1) is 0 Å². The highest BCUT2D eigenvalue weighted by Gasteiger charge is 2.16. The third-order valence-electron chi connectivity index (χ3n) is 2.68. The highest BCUT2D eigenvalue weighted by atomic mass is 16.5. The summed E-state index contributed by atoms with van der Waals surface area (Å²) < 4.78 is 5.22. The van der Waals surface area contributed by atoms with Crippen molar-refractivity contribution in [2.75, 3.05) is 20.3 Å². The molecule has 5 heteroatoms. The van der Waals surface area contributed by atoms with Gasteiger partial charge in [-0.25, -0.2) is 0 Å². The van der Waals surface area contributed by atoms with Crippen molar-refractivity contribution < 1.29 is 19.4 Å². The molecule has 1 aromatic rings. The predicted molar refractivity (Wildman–Crippen MR) is 70.8 cm³/mol. The Balaban J connectivity index is 2.83. The van der Waals surface area contributed by atoms with E-state index in [1.165, 1.54) is 11.8 Å². The molecular formula is C14H19NO4. The standard InChI is InChI=1S/C14H19NO4/c1-11(17)9-14(18)15(7-8-16)10-12-5-3-4-6-13(12)19-2/h3-6,16H,7-10H2,1-2H3. The van der Waals surface area contributed by atoms with E-state index in [-0.39, 0.29) is 31.3 Å². The van der Waals surface area contributed by atoms with Crippen LogP contribution in [0.2, 0.25) is 0 Å². The maximum atomic E-state index is 11.9. The molecule has 0 saturated heterocycles. The first-order chi connectivity index (χ1) is 9.08. The highest BCUT2D eigenvalue weighted by Crippen LogP contribution is 2.19. The first-order valence-electron chi connectivity index (χ1n) is 6.08. The molecule has 0 aliphatic carbocycles. The number of hydrogen-bond acceptors (Lipinski definition) is 4. The van der Waals surface area contributed by atoms with E-state index in [9.17, 15) is 9.59 Å². The number of amides is 1. The van der Waals surface area contributed by atoms with Crippen LogP contribution in [0.1, 0.15) is 18.9 Å². The van der Waals surface area contributed by atoms with Gasteiger partial charge in [0.2, 0.25) is 5.91 Å². The minimum absolute atomic E-state index is 0.140. The van der Waals surface area contributed by atoms with E-state index in [0.29, 0.717) is 12.3 Å². The van der Waals surface area contributed by atoms with E-state index in [0.717, 1.165) is 5.56 Å². The minimum atomic E-state index is -0.285. The van der Waals surface area contributed by atoms with E-state index in [4.69, 9.17) is 9.84 Å². The Bertz CT molecular complexity index is 445. The summed E-state index contributed by atoms with van der Waals surface area (Å²) >= 11 is 0. The molecule has 104 valence electrons. The maximum absolute atomic E-state index is 11.9. The van der Waals surface area contributed by atoms with Crippen molar-refractivity contribution in [2.24, 2.45) is 0 Å². The van der Waals surface area contributed by atoms with Gasteiger partial charge in [0.1, 0.15) is 11.5 Å². The van der Waals surface area contributed by atoms with E-state index in [1.54, 1.807) is 7.11 Å². The zero-order chi connectivity index (χ0) is 14.3. The van der Waals surface area contributed by atoms with E-state index in [2.05, 4.69) is 0 Å². The van der Waals surface area contributed by atoms with Gasteiger partial charge in [-0.05, 0) is 13.0 Å². The number of carbonyl (C=O) groups is 2. The van der Waals surface area contributed by atoms with Crippen LogP contribution in [-0.2, 0) is 16.1 Å². The van der Waals surface area contributed by atoms with Gasteiger partial charge in [0.05, 0.1) is 20.1 Å². The molecule has 5 nitrogen and oxygen atoms in total. The molecule has 0 saturated carbocycles. The third kappa shape index (κ3) is 4.71. The van der Waals surface area contributed by atoms with Crippen LogP contribution >= 0.6 is 0 Å². The lowest BCUT2D eigenvalue weighted by Crippen LogP contribution is -2.34. The van der Waals surface area contributed by atoms with Crippen LogP contribution in [0.3, 0.4) is 0 Å². The number of methoxy groups -OCH3 is 1. The molecule has 0 radical (unpaired) electrons. The number of hydrogen-bond donors (Lipinski definition) is 1. The lowest BCUT2D eigenvalue weighted by atomic mass is 10.1. The molecule has 19 heavy (non-hydrogen) atoms. The maximum Gasteiger partial charge on any atom is 0.230 e. The summed E-state index contributed by atoms with van der Waals surface area (Å²) in [5, 5.41) is 9.01. The van der Waals surface area contributed by atoms with Gasteiger partial charge < -0.3 is 14.7 Å². The molecule has 0 atom stereocenters. The average molecular weight is 265 g/mol. The molecule has 1 aromatic carbocycles. The van der Waals surface area contributed by atoms with Gasteiger partial charge in [0, 0.05) is 18.7 Å². The molecule has 0 aliphatic rings. The van der Waals surface area contributed by atoms with Crippen molar-refractivity contribution in [2.45, 2.75) is 19.9 Å². The van der Waals surface area contributed by atoms with Crippen LogP contribution in [-0.4, -0.2) is 42.0 Å². The van der Waals surface area contributed by atoms with Crippen molar-refractivity contribution >= 4 is 11.7 Å². The fourth-order valence-corrected chi connectivity index (χ4v) is 1.78. The average Bonchev–Trinajstić information content (AvgIpc) is 2.38. The number of ether oxygens (including phenoxy) is 1. The zero-order valence-electron chi connectivity index (χ0n) is 11.3. The van der Waals surface area contributed by atoms with Crippen molar-refractivity contribution in [1.29, 1.82) is 0 Å². The Morgan fingerprint density at radius 3 is 2.58 bits per heavy atom. The van der Waals surface area contributed by atoms with Crippen LogP contribution in [0.15, 0.2) is 24.3 Å². The summed E-state index contributed by atoms with van der Waals surface area (Å²) in [4.78, 5) is 24.4. The number of aliphatic hydroxyl groups is 1. The molecule has 0 fully saturated rings. The van der Waals surface area contributed by atoms with Crippen molar-refractivity contribution in [3.05, 3.63) is 29.8 Å². The highest BCUT2D eigenvalue weighted by molar-refractivity contribution is 5.96. The second-order valence-corrected chi connectivity index (χ2v) is 4.23. The fourth-order valence-electron chi connectivity index (χ4n) is 1.78. The van der Waals surface area contributed by atoms with Gasteiger partial charge in [-0.2, -0.15) is 0 Å². The number of carbonyl (C=O) groups excluding carboxylic acids is 2. The number of benzene rings is 1. The normalized spacial score (nSPS) is 10.1. The van der Waals surface area contributed by atoms with Gasteiger partial charge >= 0.3 is 0 Å². The van der Waals surface area contributed by atoms with E-state index in [1.807, 2.05) is 24.3 Å². The molecular weight excluding hydrogens is 246 g/mol. The predicted octanol–water partition coefficient (Wildman–Crippen LogP) is 0.995. The van der Waals surface area contributed by atoms with Crippen LogP contribution in [0.4, 0.5) is 0 Å². The van der Waals surface area contributed by atoms with Gasteiger partial charge in [0.15, 0.2) is 0 Å². The molecule has 1 rings (SSSR count). The molecule has 1 amide bonds. The van der Waals surface area contributed by atoms with Crippen LogP contribution in [0.5, 0.6) is 5.75 Å². The molecule has 0 aromatic heterocycles. The lowest BCUT2D eigenvalue weighted by Gasteiger charge is -2.22. The summed E-state index contributed by atoms with van der Waals surface area (Å²) in [7, 11) is 1.56. The lowest BCUT2D eigenvalue weighted by molar-refractivity contribution is -0.135. The van der Waals surface area contributed by atoms with Crippen molar-refractivity contribution in [3.63, 3.8) is 0 Å². The first-order valence-corrected chi connectivity index (χ1v) is 6.08. The molecule has 1 N–H and O–H groups in total. The monoisotopic (exact) mass is 265 g/mol. The summed E-state index contributed by atoms with van der Waals surface area (Å²) in [5.74, 6) is 0.210. The number of para-hydroxylation sites is 1. The summed E-state index contributed by atoms with van der Waals surface area (Å²) in [6.07, 6.45) is -0.144. The molecule has 0 unspecified atom stereocenters. The van der Waals surface area contributed by atoms with Crippen LogP contribution in [0.25, 0.3) is 0 Å². The Hall–Kier alpha value is -1.88. The first kappa shape index (κ1) is 15.2. The Morgan fingerprint density at radius 1 is 1.32 bits per heavy atom. The quantitative estimate of drug-likeness (QED) is 0.747. The Kier molecular flexibility index (Phi) is 6.02. The molecule has 0 heterocycles. The zero-order valence-corrected chi connectivity index (χ0v) is 11.3. The smallest absolute Gasteiger partial charge is 0.230 e. The topological polar surface area (TPSA) is 66.8 Å². The number of aliphatic hydroxyl groups excluding tert-OH is 1. The van der Waals surface area contributed by atoms with Gasteiger partial charge in [0.25, 0.3) is 0 Å². The molecule has 0 spiro atoms. The largest absolute Gasteiger partial charge is 0.496 e. The Morgan fingerprint density at radius 2 is 2.00 bits per heavy atom. The summed E-state index contributed by atoms with van der Waals surface area (Å²) in [6, 6.07) is 7.35. The second kappa shape index (κ2) is 7.53. The van der Waals surface area contributed by atoms with Crippen LogP contribution < -0.4 is 4.74 Å². The summed E-state index contributed by atoms with van der Waals surface area (Å²) in [5.41, 5.74) is 0.843. The van der Waals surface area contributed by atoms with E-state index >= 15 is 0 Å². The van der Waals surface area contributed by atoms with Gasteiger partial charge in [-0.1, -0.05) is 18.2 Å². The number of Topliss-reactive ketones (excluding diaryl/α,β-unsaturated/α-hetero) is 1. The number of ketones is 1. The molecule has 0 aliphatic heterocycles. The minimum Gasteiger partial charge on any atom is -0.496 e. The number of rotatable bonds is 7. The van der Waals surface area contributed by atoms with Crippen molar-refractivity contribution in [3.8, 4) is 5.75 Å². The fraction of sp³-hybridized carbons (Fsp3) is 0.429. The number of nitrogens with zero attached hydrogens (tertiary/aromatic N) is 1. The van der Waals surface area contributed by atoms with Crippen LogP contribution in [0, 0.1) is 0 Å². The summed E-state index contributed by atoms with van der Waals surface area (Å²) in [6.45, 7) is 1.75. The SMILES string of the molecule is COc1ccccc1CN(CCO)C(=O)CC(C)=O. The molecule has 0 bridgehead atoms. The van der Waals surface area contributed by atoms with Crippen molar-refractivity contribution in [1.82, 2.24) is 4.90 Å². The van der Waals surface area contributed by atoms with E-state index < -0.39 is 0 Å². The Labute approximate surface area is 112 Å². The van der Waals surface area contributed by atoms with Gasteiger partial charge in [-0.3, -0.25) is 9.59 Å².